The zero-order valence-electron chi connectivity index (χ0n) is 13.3. The van der Waals surface area contributed by atoms with Gasteiger partial charge in [-0.15, -0.1) is 0 Å². The van der Waals surface area contributed by atoms with Crippen LogP contribution in [0.25, 0.3) is 22.4 Å². The lowest BCUT2D eigenvalue weighted by molar-refractivity contribution is 0.707. The van der Waals surface area contributed by atoms with Gasteiger partial charge in [0.05, 0.1) is 17.6 Å². The van der Waals surface area contributed by atoms with E-state index in [-0.39, 0.29) is 0 Å². The van der Waals surface area contributed by atoms with Gasteiger partial charge in [0.1, 0.15) is 0 Å². The van der Waals surface area contributed by atoms with Gasteiger partial charge in [-0.2, -0.15) is 5.10 Å². The quantitative estimate of drug-likeness (QED) is 0.629. The molecule has 5 nitrogen and oxygen atoms in total. The molecule has 0 amide bonds. The van der Waals surface area contributed by atoms with Gasteiger partial charge in [0.2, 0.25) is 0 Å². The van der Waals surface area contributed by atoms with Crippen LogP contribution in [0.2, 0.25) is 0 Å². The number of nitrogen functional groups attached to an aromatic ring is 1. The summed E-state index contributed by atoms with van der Waals surface area (Å²) in [6.45, 7) is 2.57. The number of hydrogen-bond donors (Lipinski definition) is 1. The average molecular weight is 315 g/mol. The Bertz CT molecular complexity index is 991. The van der Waals surface area contributed by atoms with Crippen LogP contribution in [0.1, 0.15) is 11.3 Å². The van der Waals surface area contributed by atoms with Crippen LogP contribution in [-0.4, -0.2) is 19.7 Å². The lowest BCUT2D eigenvalue weighted by Gasteiger charge is -2.06. The summed E-state index contributed by atoms with van der Waals surface area (Å²) in [6.07, 6.45) is 0. The fourth-order valence-electron chi connectivity index (χ4n) is 2.85. The maximum atomic E-state index is 6.11. The van der Waals surface area contributed by atoms with E-state index in [1.807, 2.05) is 60.1 Å². The van der Waals surface area contributed by atoms with Gasteiger partial charge >= 0.3 is 0 Å². The second kappa shape index (κ2) is 5.77. The molecule has 5 heteroatoms. The lowest BCUT2D eigenvalue weighted by Crippen LogP contribution is -2.04. The van der Waals surface area contributed by atoms with E-state index in [1.165, 1.54) is 0 Å². The fourth-order valence-corrected chi connectivity index (χ4v) is 2.85. The molecule has 0 fully saturated rings. The van der Waals surface area contributed by atoms with Crippen molar-refractivity contribution in [3.05, 3.63) is 71.9 Å². The minimum Gasteiger partial charge on any atom is -0.382 e. The number of aromatic nitrogens is 4. The Morgan fingerprint density at radius 2 is 1.58 bits per heavy atom. The van der Waals surface area contributed by atoms with E-state index in [1.54, 1.807) is 0 Å². The highest BCUT2D eigenvalue weighted by atomic mass is 15.3. The highest BCUT2D eigenvalue weighted by molar-refractivity contribution is 5.89. The molecule has 4 aromatic rings. The molecule has 24 heavy (non-hydrogen) atoms. The van der Waals surface area contributed by atoms with Gasteiger partial charge in [0.15, 0.2) is 17.3 Å². The Morgan fingerprint density at radius 1 is 0.917 bits per heavy atom. The molecular formula is C19H17N5. The Kier molecular flexibility index (Phi) is 3.46. The number of nitrogens with zero attached hydrogens (tertiary/aromatic N) is 4. The normalized spacial score (nSPS) is 11.0. The van der Waals surface area contributed by atoms with Gasteiger partial charge in [0, 0.05) is 5.56 Å². The van der Waals surface area contributed by atoms with E-state index in [0.717, 1.165) is 27.9 Å². The van der Waals surface area contributed by atoms with Gasteiger partial charge in [-0.3, -0.25) is 0 Å². The summed E-state index contributed by atoms with van der Waals surface area (Å²) in [6, 6.07) is 20.1. The highest BCUT2D eigenvalue weighted by Gasteiger charge is 2.15. The molecule has 0 saturated carbocycles. The topological polar surface area (TPSA) is 69.6 Å². The molecule has 2 heterocycles. The first-order valence-electron chi connectivity index (χ1n) is 7.82. The largest absolute Gasteiger partial charge is 0.382 e. The number of aryl methyl sites for hydroxylation is 1. The van der Waals surface area contributed by atoms with Crippen molar-refractivity contribution in [1.82, 2.24) is 19.7 Å². The first-order chi connectivity index (χ1) is 11.7. The van der Waals surface area contributed by atoms with Gasteiger partial charge in [-0.1, -0.05) is 60.7 Å². The third kappa shape index (κ3) is 2.50. The van der Waals surface area contributed by atoms with Gasteiger partial charge in [-0.05, 0) is 12.5 Å². The second-order valence-electron chi connectivity index (χ2n) is 5.73. The summed E-state index contributed by atoms with van der Waals surface area (Å²) in [7, 11) is 0. The van der Waals surface area contributed by atoms with Crippen molar-refractivity contribution in [1.29, 1.82) is 0 Å². The molecule has 0 radical (unpaired) electrons. The molecule has 0 aliphatic rings. The summed E-state index contributed by atoms with van der Waals surface area (Å²) in [5.74, 6) is 1.16. The number of hydrogen-bond acceptors (Lipinski definition) is 4. The first kappa shape index (κ1) is 14.4. The molecule has 0 bridgehead atoms. The smallest absolute Gasteiger partial charge is 0.164 e. The molecule has 0 aliphatic carbocycles. The van der Waals surface area contributed by atoms with Crippen molar-refractivity contribution in [2.45, 2.75) is 13.5 Å². The Hall–Kier alpha value is -3.21. The van der Waals surface area contributed by atoms with Crippen molar-refractivity contribution in [3.63, 3.8) is 0 Å². The average Bonchev–Trinajstić information content (AvgIpc) is 2.93. The van der Waals surface area contributed by atoms with Crippen molar-refractivity contribution in [3.8, 4) is 11.4 Å². The van der Waals surface area contributed by atoms with E-state index in [2.05, 4.69) is 22.2 Å². The summed E-state index contributed by atoms with van der Waals surface area (Å²) >= 11 is 0. The molecule has 0 spiro atoms. The van der Waals surface area contributed by atoms with E-state index in [9.17, 15) is 0 Å². The number of rotatable bonds is 3. The number of fused-ring (bicyclic) bond motifs is 1. The molecule has 2 aromatic heterocycles. The molecule has 0 unspecified atom stereocenters. The van der Waals surface area contributed by atoms with Crippen LogP contribution in [0.3, 0.4) is 0 Å². The lowest BCUT2D eigenvalue weighted by atomic mass is 10.2. The van der Waals surface area contributed by atoms with E-state index in [0.29, 0.717) is 18.2 Å². The van der Waals surface area contributed by atoms with Crippen LogP contribution in [0.5, 0.6) is 0 Å². The molecule has 2 N–H and O–H groups in total. The Morgan fingerprint density at radius 3 is 2.29 bits per heavy atom. The minimum atomic E-state index is 0.470. The Labute approximate surface area is 139 Å². The number of benzene rings is 2. The van der Waals surface area contributed by atoms with Crippen molar-refractivity contribution in [2.24, 2.45) is 0 Å². The van der Waals surface area contributed by atoms with Crippen molar-refractivity contribution < 1.29 is 0 Å². The summed E-state index contributed by atoms with van der Waals surface area (Å²) in [4.78, 5) is 9.34. The van der Waals surface area contributed by atoms with Crippen molar-refractivity contribution >= 4 is 16.9 Å². The van der Waals surface area contributed by atoms with E-state index in [4.69, 9.17) is 10.7 Å². The summed E-state index contributed by atoms with van der Waals surface area (Å²) < 4.78 is 1.85. The van der Waals surface area contributed by atoms with Gasteiger partial charge < -0.3 is 5.73 Å². The second-order valence-corrected chi connectivity index (χ2v) is 5.73. The predicted molar refractivity (Wildman–Crippen MR) is 95.5 cm³/mol. The van der Waals surface area contributed by atoms with Crippen LogP contribution in [-0.2, 0) is 6.54 Å². The zero-order valence-corrected chi connectivity index (χ0v) is 13.3. The van der Waals surface area contributed by atoms with E-state index < -0.39 is 0 Å². The maximum absolute atomic E-state index is 6.11. The predicted octanol–water partition coefficient (Wildman–Crippen LogP) is 3.43. The minimum absolute atomic E-state index is 0.470. The van der Waals surface area contributed by atoms with Crippen molar-refractivity contribution in [2.75, 3.05) is 5.73 Å². The third-order valence-electron chi connectivity index (χ3n) is 4.01. The number of nitrogens with two attached hydrogens (primary N) is 1. The molecular weight excluding hydrogens is 298 g/mol. The molecule has 4 rings (SSSR count). The summed E-state index contributed by atoms with van der Waals surface area (Å²) in [5, 5.41) is 5.30. The van der Waals surface area contributed by atoms with Gasteiger partial charge in [-0.25, -0.2) is 14.6 Å². The standard InChI is InChI=1S/C19H17N5/c1-13-16-17(20)23-24(12-14-8-4-2-5-9-14)19(16)22-18(21-13)15-10-6-3-7-11-15/h2-11H,12H2,1H3,(H2,20,23). The SMILES string of the molecule is Cc1nc(-c2ccccc2)nc2c1c(N)nn2Cc1ccccc1. The van der Waals surface area contributed by atoms with Crippen LogP contribution in [0.15, 0.2) is 60.7 Å². The first-order valence-corrected chi connectivity index (χ1v) is 7.82. The third-order valence-corrected chi connectivity index (χ3v) is 4.01. The van der Waals surface area contributed by atoms with Crippen LogP contribution in [0, 0.1) is 6.92 Å². The van der Waals surface area contributed by atoms with Gasteiger partial charge in [0.25, 0.3) is 0 Å². The van der Waals surface area contributed by atoms with E-state index >= 15 is 0 Å². The molecule has 118 valence electrons. The molecule has 0 aliphatic heterocycles. The fraction of sp³-hybridized carbons (Fsp3) is 0.105. The van der Waals surface area contributed by atoms with Crippen LogP contribution >= 0.6 is 0 Å². The zero-order chi connectivity index (χ0) is 16.5. The molecule has 0 atom stereocenters. The number of anilines is 1. The Balaban J connectivity index is 1.87. The summed E-state index contributed by atoms with van der Waals surface area (Å²) in [5.41, 5.74) is 9.85. The maximum Gasteiger partial charge on any atom is 0.164 e. The molecule has 0 saturated heterocycles. The molecule has 2 aromatic carbocycles. The highest BCUT2D eigenvalue weighted by Crippen LogP contribution is 2.25. The van der Waals surface area contributed by atoms with Crippen LogP contribution in [0.4, 0.5) is 5.82 Å². The van der Waals surface area contributed by atoms with Crippen LogP contribution < -0.4 is 5.73 Å². The monoisotopic (exact) mass is 315 g/mol.